The van der Waals surface area contributed by atoms with E-state index in [1.807, 2.05) is 13.0 Å². The zero-order valence-electron chi connectivity index (χ0n) is 10.6. The number of halogens is 2. The van der Waals surface area contributed by atoms with Crippen molar-refractivity contribution in [2.24, 2.45) is 0 Å². The number of hydrogen-bond donors (Lipinski definition) is 1. The van der Waals surface area contributed by atoms with Crippen LogP contribution in [0.1, 0.15) is 21.5 Å². The SMILES string of the molecule is Cc1ccc(C(=O)Nc2cc(C)ccc2Cl)c(F)c1. The Balaban J connectivity index is 2.28. The maximum Gasteiger partial charge on any atom is 0.258 e. The molecule has 0 radical (unpaired) electrons. The molecule has 0 fully saturated rings. The topological polar surface area (TPSA) is 29.1 Å². The van der Waals surface area contributed by atoms with Gasteiger partial charge in [0.05, 0.1) is 16.3 Å². The normalized spacial score (nSPS) is 10.3. The number of benzene rings is 2. The van der Waals surface area contributed by atoms with Crippen molar-refractivity contribution >= 4 is 23.2 Å². The van der Waals surface area contributed by atoms with Crippen LogP contribution in [-0.2, 0) is 0 Å². The second-order valence-electron chi connectivity index (χ2n) is 4.42. The Kier molecular flexibility index (Phi) is 3.86. The van der Waals surface area contributed by atoms with E-state index in [1.54, 1.807) is 25.1 Å². The number of anilines is 1. The summed E-state index contributed by atoms with van der Waals surface area (Å²) in [5.74, 6) is -1.05. The van der Waals surface area contributed by atoms with Gasteiger partial charge in [-0.25, -0.2) is 4.39 Å². The largest absolute Gasteiger partial charge is 0.321 e. The Morgan fingerprint density at radius 3 is 2.42 bits per heavy atom. The molecule has 2 rings (SSSR count). The first-order valence-electron chi connectivity index (χ1n) is 5.81. The highest BCUT2D eigenvalue weighted by molar-refractivity contribution is 6.34. The van der Waals surface area contributed by atoms with Gasteiger partial charge in [0.25, 0.3) is 5.91 Å². The number of carbonyl (C=O) groups excluding carboxylic acids is 1. The van der Waals surface area contributed by atoms with Gasteiger partial charge in [-0.3, -0.25) is 4.79 Å². The van der Waals surface area contributed by atoms with Crippen LogP contribution >= 0.6 is 11.6 Å². The van der Waals surface area contributed by atoms with E-state index >= 15 is 0 Å². The molecular weight excluding hydrogens is 265 g/mol. The summed E-state index contributed by atoms with van der Waals surface area (Å²) in [5, 5.41) is 3.04. The quantitative estimate of drug-likeness (QED) is 0.869. The molecule has 4 heteroatoms. The first kappa shape index (κ1) is 13.6. The monoisotopic (exact) mass is 277 g/mol. The van der Waals surface area contributed by atoms with Crippen molar-refractivity contribution in [2.45, 2.75) is 13.8 Å². The number of hydrogen-bond acceptors (Lipinski definition) is 1. The van der Waals surface area contributed by atoms with E-state index in [1.165, 1.54) is 12.1 Å². The fraction of sp³-hybridized carbons (Fsp3) is 0.133. The minimum Gasteiger partial charge on any atom is -0.321 e. The summed E-state index contributed by atoms with van der Waals surface area (Å²) in [6.45, 7) is 3.65. The van der Waals surface area contributed by atoms with Crippen molar-refractivity contribution in [3.63, 3.8) is 0 Å². The summed E-state index contributed by atoms with van der Waals surface area (Å²) >= 11 is 5.98. The van der Waals surface area contributed by atoms with E-state index in [0.29, 0.717) is 10.7 Å². The Morgan fingerprint density at radius 1 is 1.11 bits per heavy atom. The second-order valence-corrected chi connectivity index (χ2v) is 4.83. The zero-order valence-corrected chi connectivity index (χ0v) is 11.4. The second kappa shape index (κ2) is 5.41. The van der Waals surface area contributed by atoms with E-state index in [2.05, 4.69) is 5.32 Å². The third kappa shape index (κ3) is 3.12. The summed E-state index contributed by atoms with van der Waals surface area (Å²) in [7, 11) is 0. The van der Waals surface area contributed by atoms with Gasteiger partial charge in [0.1, 0.15) is 5.82 Å². The standard InChI is InChI=1S/C15H13ClFNO/c1-9-3-5-11(13(17)7-9)15(19)18-14-8-10(2)4-6-12(14)16/h3-8H,1-2H3,(H,18,19). The summed E-state index contributed by atoms with van der Waals surface area (Å²) in [5.41, 5.74) is 2.21. The highest BCUT2D eigenvalue weighted by atomic mass is 35.5. The average molecular weight is 278 g/mol. The summed E-state index contributed by atoms with van der Waals surface area (Å²) in [4.78, 5) is 12.0. The molecule has 98 valence electrons. The van der Waals surface area contributed by atoms with Crippen LogP contribution in [0, 0.1) is 19.7 Å². The van der Waals surface area contributed by atoms with E-state index in [-0.39, 0.29) is 5.56 Å². The van der Waals surface area contributed by atoms with Gasteiger partial charge >= 0.3 is 0 Å². The number of aryl methyl sites for hydroxylation is 2. The van der Waals surface area contributed by atoms with Gasteiger partial charge in [-0.1, -0.05) is 23.7 Å². The lowest BCUT2D eigenvalue weighted by atomic mass is 10.1. The van der Waals surface area contributed by atoms with Crippen LogP contribution in [0.5, 0.6) is 0 Å². The van der Waals surface area contributed by atoms with Gasteiger partial charge in [0.15, 0.2) is 0 Å². The van der Waals surface area contributed by atoms with Crippen molar-refractivity contribution in [3.8, 4) is 0 Å². The van der Waals surface area contributed by atoms with Gasteiger partial charge in [0, 0.05) is 0 Å². The predicted octanol–water partition coefficient (Wildman–Crippen LogP) is 4.35. The van der Waals surface area contributed by atoms with Crippen molar-refractivity contribution in [1.82, 2.24) is 0 Å². The summed E-state index contributed by atoms with van der Waals surface area (Å²) in [6, 6.07) is 9.75. The summed E-state index contributed by atoms with van der Waals surface area (Å²) < 4.78 is 13.7. The highest BCUT2D eigenvalue weighted by Crippen LogP contribution is 2.23. The van der Waals surface area contributed by atoms with E-state index in [4.69, 9.17) is 11.6 Å². The average Bonchev–Trinajstić information content (AvgIpc) is 2.33. The predicted molar refractivity (Wildman–Crippen MR) is 75.3 cm³/mol. The zero-order chi connectivity index (χ0) is 14.0. The lowest BCUT2D eigenvalue weighted by Crippen LogP contribution is -2.14. The van der Waals surface area contributed by atoms with Crippen LogP contribution in [0.25, 0.3) is 0 Å². The van der Waals surface area contributed by atoms with Gasteiger partial charge in [-0.15, -0.1) is 0 Å². The molecular formula is C15H13ClFNO. The molecule has 0 atom stereocenters. The summed E-state index contributed by atoms with van der Waals surface area (Å²) in [6.07, 6.45) is 0. The van der Waals surface area contributed by atoms with Crippen molar-refractivity contribution in [2.75, 3.05) is 5.32 Å². The molecule has 1 amide bonds. The van der Waals surface area contributed by atoms with Gasteiger partial charge in [-0.05, 0) is 49.2 Å². The molecule has 0 spiro atoms. The molecule has 0 aliphatic carbocycles. The molecule has 0 saturated heterocycles. The Bertz CT molecular complexity index is 640. The van der Waals surface area contributed by atoms with Crippen molar-refractivity contribution in [3.05, 3.63) is 63.9 Å². The van der Waals surface area contributed by atoms with Crippen molar-refractivity contribution in [1.29, 1.82) is 0 Å². The fourth-order valence-electron chi connectivity index (χ4n) is 1.73. The molecule has 2 aromatic rings. The third-order valence-corrected chi connectivity index (χ3v) is 3.07. The van der Waals surface area contributed by atoms with Gasteiger partial charge < -0.3 is 5.32 Å². The fourth-order valence-corrected chi connectivity index (χ4v) is 1.89. The maximum absolute atomic E-state index is 13.7. The number of nitrogens with one attached hydrogen (secondary N) is 1. The third-order valence-electron chi connectivity index (χ3n) is 2.74. The van der Waals surface area contributed by atoms with Crippen LogP contribution in [0.15, 0.2) is 36.4 Å². The van der Waals surface area contributed by atoms with E-state index in [0.717, 1.165) is 11.1 Å². The molecule has 0 aliphatic heterocycles. The molecule has 2 nitrogen and oxygen atoms in total. The Hall–Kier alpha value is -1.87. The molecule has 2 aromatic carbocycles. The number of carbonyl (C=O) groups is 1. The molecule has 0 unspecified atom stereocenters. The first-order chi connectivity index (χ1) is 8.97. The van der Waals surface area contributed by atoms with Crippen LogP contribution in [-0.4, -0.2) is 5.91 Å². The molecule has 19 heavy (non-hydrogen) atoms. The molecule has 0 aliphatic rings. The molecule has 0 bridgehead atoms. The number of rotatable bonds is 2. The minimum absolute atomic E-state index is 0.00294. The maximum atomic E-state index is 13.7. The Labute approximate surface area is 116 Å². The Morgan fingerprint density at radius 2 is 1.74 bits per heavy atom. The lowest BCUT2D eigenvalue weighted by Gasteiger charge is -2.09. The van der Waals surface area contributed by atoms with E-state index in [9.17, 15) is 9.18 Å². The molecule has 0 heterocycles. The highest BCUT2D eigenvalue weighted by Gasteiger charge is 2.13. The van der Waals surface area contributed by atoms with E-state index < -0.39 is 11.7 Å². The first-order valence-corrected chi connectivity index (χ1v) is 6.19. The molecule has 1 N–H and O–H groups in total. The van der Waals surface area contributed by atoms with Crippen LogP contribution in [0.4, 0.5) is 10.1 Å². The van der Waals surface area contributed by atoms with Crippen LogP contribution in [0.2, 0.25) is 5.02 Å². The number of amides is 1. The van der Waals surface area contributed by atoms with Gasteiger partial charge in [-0.2, -0.15) is 0 Å². The van der Waals surface area contributed by atoms with Crippen LogP contribution < -0.4 is 5.32 Å². The molecule has 0 aromatic heterocycles. The smallest absolute Gasteiger partial charge is 0.258 e. The van der Waals surface area contributed by atoms with Gasteiger partial charge in [0.2, 0.25) is 0 Å². The minimum atomic E-state index is -0.540. The lowest BCUT2D eigenvalue weighted by molar-refractivity contribution is 0.102. The van der Waals surface area contributed by atoms with Crippen LogP contribution in [0.3, 0.4) is 0 Å². The van der Waals surface area contributed by atoms with Crippen molar-refractivity contribution < 1.29 is 9.18 Å². The molecule has 0 saturated carbocycles.